The lowest BCUT2D eigenvalue weighted by Gasteiger charge is -2.12. The Labute approximate surface area is 106 Å². The number of aliphatic hydroxyl groups is 1. The molecule has 1 rings (SSSR count). The largest absolute Gasteiger partial charge is 0.389 e. The standard InChI is InChI=1S/C12H16ClNO3/c1-8-5-9(13)3-4-11(8)12(16)14-6-10(15)7-17-2/h3-5,10,15H,6-7H2,1-2H3,(H,14,16). The number of hydrogen-bond acceptors (Lipinski definition) is 3. The summed E-state index contributed by atoms with van der Waals surface area (Å²) in [5.74, 6) is -0.227. The molecule has 0 heterocycles. The number of methoxy groups -OCH3 is 1. The monoisotopic (exact) mass is 257 g/mol. The van der Waals surface area contributed by atoms with E-state index >= 15 is 0 Å². The summed E-state index contributed by atoms with van der Waals surface area (Å²) in [6, 6.07) is 5.05. The van der Waals surface area contributed by atoms with Gasteiger partial charge in [-0.25, -0.2) is 0 Å². The van der Waals surface area contributed by atoms with E-state index in [4.69, 9.17) is 16.3 Å². The van der Waals surface area contributed by atoms with Gasteiger partial charge in [-0.15, -0.1) is 0 Å². The maximum atomic E-state index is 11.8. The van der Waals surface area contributed by atoms with Crippen LogP contribution in [-0.2, 0) is 4.74 Å². The molecular weight excluding hydrogens is 242 g/mol. The third-order valence-electron chi connectivity index (χ3n) is 2.29. The third-order valence-corrected chi connectivity index (χ3v) is 2.53. The smallest absolute Gasteiger partial charge is 0.251 e. The average Bonchev–Trinajstić information content (AvgIpc) is 2.26. The zero-order valence-electron chi connectivity index (χ0n) is 9.87. The minimum absolute atomic E-state index is 0.161. The van der Waals surface area contributed by atoms with E-state index in [0.29, 0.717) is 10.6 Å². The van der Waals surface area contributed by atoms with Gasteiger partial charge >= 0.3 is 0 Å². The summed E-state index contributed by atoms with van der Waals surface area (Å²) in [5.41, 5.74) is 1.36. The van der Waals surface area contributed by atoms with E-state index in [1.807, 2.05) is 6.92 Å². The molecule has 0 spiro atoms. The minimum Gasteiger partial charge on any atom is -0.389 e. The fourth-order valence-corrected chi connectivity index (χ4v) is 1.67. The molecule has 0 bridgehead atoms. The molecular formula is C12H16ClNO3. The molecule has 0 aromatic heterocycles. The van der Waals surface area contributed by atoms with Crippen LogP contribution in [0.5, 0.6) is 0 Å². The van der Waals surface area contributed by atoms with Crippen LogP contribution < -0.4 is 5.32 Å². The summed E-state index contributed by atoms with van der Waals surface area (Å²) in [4.78, 5) is 11.8. The number of aliphatic hydroxyl groups excluding tert-OH is 1. The summed E-state index contributed by atoms with van der Waals surface area (Å²) in [6.45, 7) is 2.17. The Kier molecular flexibility index (Phi) is 5.41. The number of carbonyl (C=O) groups excluding carboxylic acids is 1. The number of hydrogen-bond donors (Lipinski definition) is 2. The van der Waals surface area contributed by atoms with Gasteiger partial charge in [0.25, 0.3) is 5.91 Å². The highest BCUT2D eigenvalue weighted by Gasteiger charge is 2.11. The summed E-state index contributed by atoms with van der Waals surface area (Å²) in [7, 11) is 1.49. The van der Waals surface area contributed by atoms with E-state index < -0.39 is 6.10 Å². The predicted octanol–water partition coefficient (Wildman–Crippen LogP) is 1.39. The molecule has 0 aliphatic heterocycles. The zero-order chi connectivity index (χ0) is 12.8. The van der Waals surface area contributed by atoms with Crippen molar-refractivity contribution in [3.05, 3.63) is 34.3 Å². The number of ether oxygens (including phenoxy) is 1. The number of benzene rings is 1. The molecule has 1 unspecified atom stereocenters. The van der Waals surface area contributed by atoms with E-state index in [1.165, 1.54) is 7.11 Å². The van der Waals surface area contributed by atoms with E-state index in [1.54, 1.807) is 18.2 Å². The quantitative estimate of drug-likeness (QED) is 0.838. The first-order valence-electron chi connectivity index (χ1n) is 5.26. The molecule has 0 radical (unpaired) electrons. The van der Waals surface area contributed by atoms with Crippen LogP contribution in [0.15, 0.2) is 18.2 Å². The van der Waals surface area contributed by atoms with Crippen LogP contribution in [0.3, 0.4) is 0 Å². The Hall–Kier alpha value is -1.10. The first-order valence-corrected chi connectivity index (χ1v) is 5.63. The van der Waals surface area contributed by atoms with E-state index in [0.717, 1.165) is 5.56 Å². The van der Waals surface area contributed by atoms with Crippen molar-refractivity contribution in [2.24, 2.45) is 0 Å². The van der Waals surface area contributed by atoms with Gasteiger partial charge in [-0.2, -0.15) is 0 Å². The molecule has 1 atom stereocenters. The second kappa shape index (κ2) is 6.59. The molecule has 17 heavy (non-hydrogen) atoms. The topological polar surface area (TPSA) is 58.6 Å². The van der Waals surface area contributed by atoms with Gasteiger partial charge in [0.05, 0.1) is 12.7 Å². The second-order valence-electron chi connectivity index (χ2n) is 3.78. The van der Waals surface area contributed by atoms with Gasteiger partial charge in [0.15, 0.2) is 0 Å². The summed E-state index contributed by atoms with van der Waals surface area (Å²) >= 11 is 5.80. The molecule has 4 nitrogen and oxygen atoms in total. The highest BCUT2D eigenvalue weighted by molar-refractivity contribution is 6.30. The van der Waals surface area contributed by atoms with E-state index in [-0.39, 0.29) is 19.1 Å². The molecule has 0 saturated carbocycles. The lowest BCUT2D eigenvalue weighted by molar-refractivity contribution is 0.0609. The molecule has 0 aliphatic carbocycles. The molecule has 1 amide bonds. The molecule has 5 heteroatoms. The van der Waals surface area contributed by atoms with Crippen LogP contribution in [0.1, 0.15) is 15.9 Å². The van der Waals surface area contributed by atoms with Gasteiger partial charge in [-0.05, 0) is 30.7 Å². The maximum absolute atomic E-state index is 11.8. The summed E-state index contributed by atoms with van der Waals surface area (Å²) in [5, 5.41) is 12.6. The normalized spacial score (nSPS) is 12.2. The number of amides is 1. The van der Waals surface area contributed by atoms with Crippen LogP contribution >= 0.6 is 11.6 Å². The fourth-order valence-electron chi connectivity index (χ4n) is 1.44. The Morgan fingerprint density at radius 2 is 2.29 bits per heavy atom. The van der Waals surface area contributed by atoms with Gasteiger partial charge in [-0.3, -0.25) is 4.79 Å². The third kappa shape index (κ3) is 4.34. The molecule has 1 aromatic carbocycles. The Morgan fingerprint density at radius 3 is 2.88 bits per heavy atom. The average molecular weight is 258 g/mol. The molecule has 94 valence electrons. The van der Waals surface area contributed by atoms with Crippen LogP contribution in [0.4, 0.5) is 0 Å². The molecule has 0 fully saturated rings. The Bertz CT molecular complexity index is 395. The Morgan fingerprint density at radius 1 is 1.59 bits per heavy atom. The minimum atomic E-state index is -0.698. The van der Waals surface area contributed by atoms with Crippen LogP contribution in [0.2, 0.25) is 5.02 Å². The van der Waals surface area contributed by atoms with Gasteiger partial charge < -0.3 is 15.2 Å². The first kappa shape index (κ1) is 14.0. The van der Waals surface area contributed by atoms with Crippen LogP contribution in [-0.4, -0.2) is 37.4 Å². The number of nitrogens with one attached hydrogen (secondary N) is 1. The number of halogens is 1. The SMILES string of the molecule is COCC(O)CNC(=O)c1ccc(Cl)cc1C. The number of aryl methyl sites for hydroxylation is 1. The van der Waals surface area contributed by atoms with Crippen molar-refractivity contribution in [3.63, 3.8) is 0 Å². The lowest BCUT2D eigenvalue weighted by atomic mass is 10.1. The van der Waals surface area contributed by atoms with Crippen molar-refractivity contribution in [2.75, 3.05) is 20.3 Å². The van der Waals surface area contributed by atoms with E-state index in [9.17, 15) is 9.90 Å². The first-order chi connectivity index (χ1) is 8.04. The number of carbonyl (C=O) groups is 1. The van der Waals surface area contributed by atoms with Crippen molar-refractivity contribution in [2.45, 2.75) is 13.0 Å². The van der Waals surface area contributed by atoms with Gasteiger partial charge in [-0.1, -0.05) is 11.6 Å². The van der Waals surface area contributed by atoms with Gasteiger partial charge in [0.2, 0.25) is 0 Å². The van der Waals surface area contributed by atoms with Gasteiger partial charge in [0.1, 0.15) is 0 Å². The molecule has 2 N–H and O–H groups in total. The lowest BCUT2D eigenvalue weighted by Crippen LogP contribution is -2.34. The van der Waals surface area contributed by atoms with Gasteiger partial charge in [0, 0.05) is 24.2 Å². The molecule has 0 saturated heterocycles. The Balaban J connectivity index is 2.58. The zero-order valence-corrected chi connectivity index (χ0v) is 10.6. The van der Waals surface area contributed by atoms with Crippen molar-refractivity contribution in [1.82, 2.24) is 5.32 Å². The number of rotatable bonds is 5. The van der Waals surface area contributed by atoms with Crippen molar-refractivity contribution in [1.29, 1.82) is 0 Å². The van der Waals surface area contributed by atoms with Crippen molar-refractivity contribution < 1.29 is 14.6 Å². The molecule has 1 aromatic rings. The second-order valence-corrected chi connectivity index (χ2v) is 4.21. The van der Waals surface area contributed by atoms with Crippen molar-refractivity contribution in [3.8, 4) is 0 Å². The fraction of sp³-hybridized carbons (Fsp3) is 0.417. The highest BCUT2D eigenvalue weighted by atomic mass is 35.5. The van der Waals surface area contributed by atoms with Crippen LogP contribution in [0, 0.1) is 6.92 Å². The summed E-state index contributed by atoms with van der Waals surface area (Å²) in [6.07, 6.45) is -0.698. The predicted molar refractivity (Wildman–Crippen MR) is 66.4 cm³/mol. The highest BCUT2D eigenvalue weighted by Crippen LogP contribution is 2.14. The van der Waals surface area contributed by atoms with Crippen molar-refractivity contribution >= 4 is 17.5 Å². The van der Waals surface area contributed by atoms with E-state index in [2.05, 4.69) is 5.32 Å². The molecule has 0 aliphatic rings. The van der Waals surface area contributed by atoms with Crippen LogP contribution in [0.25, 0.3) is 0 Å². The maximum Gasteiger partial charge on any atom is 0.251 e. The summed E-state index contributed by atoms with van der Waals surface area (Å²) < 4.78 is 4.76.